The van der Waals surface area contributed by atoms with Crippen molar-refractivity contribution in [3.05, 3.63) is 60.1 Å². The minimum Gasteiger partial charge on any atom is -0.459 e. The highest BCUT2D eigenvalue weighted by molar-refractivity contribution is 5.91. The van der Waals surface area contributed by atoms with E-state index in [0.717, 1.165) is 5.56 Å². The summed E-state index contributed by atoms with van der Waals surface area (Å²) >= 11 is 0. The summed E-state index contributed by atoms with van der Waals surface area (Å²) in [6.07, 6.45) is 2.20. The van der Waals surface area contributed by atoms with Crippen LogP contribution in [-0.4, -0.2) is 30.0 Å². The second kappa shape index (κ2) is 8.31. The number of aliphatic hydroxyl groups is 1. The standard InChI is InChI=1S/C18H22N2O4/c1-18(23,14-7-3-2-4-8-14)13-20-16(21)10-5-11-19-17(22)15-9-6-12-24-15/h2-4,6-9,12,23H,5,10-11,13H2,1H3,(H,19,22)(H,20,21). The Bertz CT molecular complexity index is 651. The van der Waals surface area contributed by atoms with E-state index >= 15 is 0 Å². The molecule has 0 saturated carbocycles. The van der Waals surface area contributed by atoms with E-state index in [1.165, 1.54) is 6.26 Å². The molecule has 2 rings (SSSR count). The van der Waals surface area contributed by atoms with E-state index < -0.39 is 5.60 Å². The number of carbonyl (C=O) groups excluding carboxylic acids is 2. The molecule has 6 nitrogen and oxygen atoms in total. The van der Waals surface area contributed by atoms with Gasteiger partial charge < -0.3 is 20.2 Å². The summed E-state index contributed by atoms with van der Waals surface area (Å²) in [5.41, 5.74) is -0.374. The van der Waals surface area contributed by atoms with Gasteiger partial charge in [0.2, 0.25) is 5.91 Å². The Kier molecular flexibility index (Phi) is 6.14. The Morgan fingerprint density at radius 2 is 1.88 bits per heavy atom. The number of nitrogens with one attached hydrogen (secondary N) is 2. The molecule has 1 atom stereocenters. The summed E-state index contributed by atoms with van der Waals surface area (Å²) in [5.74, 6) is -0.218. The van der Waals surface area contributed by atoms with Crippen molar-refractivity contribution in [1.29, 1.82) is 0 Å². The van der Waals surface area contributed by atoms with E-state index in [2.05, 4.69) is 10.6 Å². The summed E-state index contributed by atoms with van der Waals surface area (Å²) < 4.78 is 4.97. The molecule has 1 aromatic heterocycles. The van der Waals surface area contributed by atoms with E-state index in [4.69, 9.17) is 4.42 Å². The van der Waals surface area contributed by atoms with E-state index in [9.17, 15) is 14.7 Å². The summed E-state index contributed by atoms with van der Waals surface area (Å²) in [6, 6.07) is 12.4. The fourth-order valence-corrected chi connectivity index (χ4v) is 2.20. The minimum absolute atomic E-state index is 0.134. The van der Waals surface area contributed by atoms with Gasteiger partial charge in [0.15, 0.2) is 5.76 Å². The second-order valence-electron chi connectivity index (χ2n) is 5.75. The number of rotatable bonds is 8. The zero-order valence-electron chi connectivity index (χ0n) is 13.6. The van der Waals surface area contributed by atoms with E-state index in [-0.39, 0.29) is 30.5 Å². The largest absolute Gasteiger partial charge is 0.459 e. The van der Waals surface area contributed by atoms with Crippen molar-refractivity contribution in [3.63, 3.8) is 0 Å². The Morgan fingerprint density at radius 1 is 1.12 bits per heavy atom. The lowest BCUT2D eigenvalue weighted by Gasteiger charge is -2.24. The van der Waals surface area contributed by atoms with Crippen LogP contribution >= 0.6 is 0 Å². The number of hydrogen-bond acceptors (Lipinski definition) is 4. The molecule has 0 aliphatic carbocycles. The zero-order chi connectivity index (χ0) is 17.4. The first kappa shape index (κ1) is 17.7. The highest BCUT2D eigenvalue weighted by Crippen LogP contribution is 2.18. The summed E-state index contributed by atoms with van der Waals surface area (Å²) in [7, 11) is 0. The monoisotopic (exact) mass is 330 g/mol. The molecule has 1 heterocycles. The van der Waals surface area contributed by atoms with Gasteiger partial charge in [0.05, 0.1) is 12.8 Å². The maximum atomic E-state index is 11.8. The number of hydrogen-bond donors (Lipinski definition) is 3. The SMILES string of the molecule is CC(O)(CNC(=O)CCCNC(=O)c1ccco1)c1ccccc1. The lowest BCUT2D eigenvalue weighted by molar-refractivity contribution is -0.122. The molecule has 3 N–H and O–H groups in total. The number of carbonyl (C=O) groups is 2. The van der Waals surface area contributed by atoms with Crippen LogP contribution in [-0.2, 0) is 10.4 Å². The van der Waals surface area contributed by atoms with Crippen molar-refractivity contribution in [2.24, 2.45) is 0 Å². The number of amides is 2. The normalized spacial score (nSPS) is 13.1. The first-order valence-corrected chi connectivity index (χ1v) is 7.85. The predicted octanol–water partition coefficient (Wildman–Crippen LogP) is 1.81. The molecule has 0 radical (unpaired) electrons. The van der Waals surface area contributed by atoms with Gasteiger partial charge in [0.1, 0.15) is 5.60 Å². The molecule has 0 fully saturated rings. The molecule has 0 aliphatic heterocycles. The summed E-state index contributed by atoms with van der Waals surface area (Å²) in [4.78, 5) is 23.5. The Morgan fingerprint density at radius 3 is 2.54 bits per heavy atom. The van der Waals surface area contributed by atoms with E-state index in [1.54, 1.807) is 19.1 Å². The van der Waals surface area contributed by atoms with Gasteiger partial charge in [-0.05, 0) is 31.0 Å². The van der Waals surface area contributed by atoms with Crippen LogP contribution in [0.1, 0.15) is 35.9 Å². The third-order valence-electron chi connectivity index (χ3n) is 3.64. The van der Waals surface area contributed by atoms with Crippen molar-refractivity contribution in [3.8, 4) is 0 Å². The number of benzene rings is 1. The Balaban J connectivity index is 1.66. The predicted molar refractivity (Wildman–Crippen MR) is 89.3 cm³/mol. The van der Waals surface area contributed by atoms with E-state index in [0.29, 0.717) is 13.0 Å². The molecule has 128 valence electrons. The molecular formula is C18H22N2O4. The van der Waals surface area contributed by atoms with Crippen molar-refractivity contribution >= 4 is 11.8 Å². The highest BCUT2D eigenvalue weighted by Gasteiger charge is 2.23. The molecule has 0 spiro atoms. The molecule has 6 heteroatoms. The first-order chi connectivity index (χ1) is 11.5. The highest BCUT2D eigenvalue weighted by atomic mass is 16.3. The molecule has 1 aromatic carbocycles. The molecule has 0 bridgehead atoms. The van der Waals surface area contributed by atoms with Gasteiger partial charge >= 0.3 is 0 Å². The first-order valence-electron chi connectivity index (χ1n) is 7.85. The maximum Gasteiger partial charge on any atom is 0.286 e. The second-order valence-corrected chi connectivity index (χ2v) is 5.75. The van der Waals surface area contributed by atoms with Crippen molar-refractivity contribution in [2.45, 2.75) is 25.4 Å². The van der Waals surface area contributed by atoms with Gasteiger partial charge in [-0.15, -0.1) is 0 Å². The molecule has 2 aromatic rings. The van der Waals surface area contributed by atoms with Crippen molar-refractivity contribution in [1.82, 2.24) is 10.6 Å². The fraction of sp³-hybridized carbons (Fsp3) is 0.333. The van der Waals surface area contributed by atoms with Crippen LogP contribution < -0.4 is 10.6 Å². The molecular weight excluding hydrogens is 308 g/mol. The summed E-state index contributed by atoms with van der Waals surface area (Å²) in [6.45, 7) is 2.17. The van der Waals surface area contributed by atoms with Crippen LogP contribution in [0.25, 0.3) is 0 Å². The van der Waals surface area contributed by atoms with E-state index in [1.807, 2.05) is 30.3 Å². The van der Waals surface area contributed by atoms with Crippen LogP contribution in [0.5, 0.6) is 0 Å². The molecule has 1 unspecified atom stereocenters. The Labute approximate surface area is 140 Å². The molecule has 2 amide bonds. The zero-order valence-corrected chi connectivity index (χ0v) is 13.6. The van der Waals surface area contributed by atoms with Crippen LogP contribution in [0.3, 0.4) is 0 Å². The quantitative estimate of drug-likeness (QED) is 0.644. The molecule has 24 heavy (non-hydrogen) atoms. The van der Waals surface area contributed by atoms with Crippen LogP contribution in [0.2, 0.25) is 0 Å². The third kappa shape index (κ3) is 5.24. The average molecular weight is 330 g/mol. The smallest absolute Gasteiger partial charge is 0.286 e. The maximum absolute atomic E-state index is 11.8. The van der Waals surface area contributed by atoms with Crippen LogP contribution in [0.15, 0.2) is 53.1 Å². The number of furan rings is 1. The van der Waals surface area contributed by atoms with Gasteiger partial charge in [-0.1, -0.05) is 30.3 Å². The van der Waals surface area contributed by atoms with Gasteiger partial charge in [0, 0.05) is 13.0 Å². The summed E-state index contributed by atoms with van der Waals surface area (Å²) in [5, 5.41) is 15.8. The van der Waals surface area contributed by atoms with Crippen molar-refractivity contribution in [2.75, 3.05) is 13.1 Å². The van der Waals surface area contributed by atoms with Gasteiger partial charge in [-0.25, -0.2) is 0 Å². The topological polar surface area (TPSA) is 91.6 Å². The van der Waals surface area contributed by atoms with Crippen LogP contribution in [0, 0.1) is 0 Å². The lowest BCUT2D eigenvalue weighted by atomic mass is 9.96. The lowest BCUT2D eigenvalue weighted by Crippen LogP contribution is -2.38. The Hall–Kier alpha value is -2.60. The molecule has 0 aliphatic rings. The van der Waals surface area contributed by atoms with Gasteiger partial charge in [0.25, 0.3) is 5.91 Å². The van der Waals surface area contributed by atoms with Gasteiger partial charge in [-0.2, -0.15) is 0 Å². The minimum atomic E-state index is -1.12. The van der Waals surface area contributed by atoms with Crippen molar-refractivity contribution < 1.29 is 19.1 Å². The molecule has 0 saturated heterocycles. The average Bonchev–Trinajstić information content (AvgIpc) is 3.12. The third-order valence-corrected chi connectivity index (χ3v) is 3.64. The fourth-order valence-electron chi connectivity index (χ4n) is 2.20. The van der Waals surface area contributed by atoms with Gasteiger partial charge in [-0.3, -0.25) is 9.59 Å². The van der Waals surface area contributed by atoms with Crippen LogP contribution in [0.4, 0.5) is 0 Å².